The van der Waals surface area contributed by atoms with Gasteiger partial charge in [0, 0.05) is 25.7 Å². The lowest BCUT2D eigenvalue weighted by atomic mass is 10.1. The summed E-state index contributed by atoms with van der Waals surface area (Å²) in [6, 6.07) is 0.0884. The van der Waals surface area contributed by atoms with E-state index in [1.165, 1.54) is 0 Å². The third-order valence-corrected chi connectivity index (χ3v) is 3.54. The first kappa shape index (κ1) is 12.2. The normalized spacial score (nSPS) is 29.6. The van der Waals surface area contributed by atoms with Gasteiger partial charge in [0.05, 0.1) is 5.92 Å². The Balaban J connectivity index is 1.79. The predicted molar refractivity (Wildman–Crippen MR) is 61.7 cm³/mol. The number of carboxylic acids is 1. The lowest BCUT2D eigenvalue weighted by Crippen LogP contribution is -2.45. The first-order valence-corrected chi connectivity index (χ1v) is 6.03. The number of carbonyl (C=O) groups is 2. The quantitative estimate of drug-likeness (QED) is 0.702. The van der Waals surface area contributed by atoms with Crippen molar-refractivity contribution in [1.82, 2.24) is 15.1 Å². The molecule has 2 fully saturated rings. The van der Waals surface area contributed by atoms with E-state index in [-0.39, 0.29) is 12.1 Å². The van der Waals surface area contributed by atoms with E-state index < -0.39 is 11.9 Å². The van der Waals surface area contributed by atoms with Gasteiger partial charge in [0.15, 0.2) is 0 Å². The largest absolute Gasteiger partial charge is 0.481 e. The molecule has 2 unspecified atom stereocenters. The van der Waals surface area contributed by atoms with E-state index in [0.717, 1.165) is 19.5 Å². The van der Waals surface area contributed by atoms with Crippen LogP contribution in [-0.4, -0.2) is 66.2 Å². The maximum Gasteiger partial charge on any atom is 0.317 e. The zero-order valence-electron chi connectivity index (χ0n) is 10.1. The van der Waals surface area contributed by atoms with Crippen LogP contribution in [0.4, 0.5) is 4.79 Å². The Kier molecular flexibility index (Phi) is 3.51. The van der Waals surface area contributed by atoms with Crippen molar-refractivity contribution in [2.75, 3.05) is 33.2 Å². The molecule has 2 aliphatic rings. The monoisotopic (exact) mass is 241 g/mol. The number of aliphatic carboxylic acids is 1. The van der Waals surface area contributed by atoms with E-state index in [1.807, 2.05) is 7.05 Å². The fourth-order valence-corrected chi connectivity index (χ4v) is 2.47. The number of urea groups is 1. The lowest BCUT2D eigenvalue weighted by Gasteiger charge is -2.20. The Labute approximate surface area is 101 Å². The highest BCUT2D eigenvalue weighted by Crippen LogP contribution is 2.16. The predicted octanol–water partition coefficient (Wildman–Crippen LogP) is -0.193. The van der Waals surface area contributed by atoms with E-state index in [2.05, 4.69) is 10.2 Å². The second-order valence-corrected chi connectivity index (χ2v) is 4.97. The summed E-state index contributed by atoms with van der Waals surface area (Å²) in [5, 5.41) is 11.8. The van der Waals surface area contributed by atoms with Crippen molar-refractivity contribution in [1.29, 1.82) is 0 Å². The van der Waals surface area contributed by atoms with Gasteiger partial charge < -0.3 is 20.2 Å². The molecule has 2 atom stereocenters. The van der Waals surface area contributed by atoms with Crippen LogP contribution in [0.25, 0.3) is 0 Å². The van der Waals surface area contributed by atoms with Crippen molar-refractivity contribution < 1.29 is 14.7 Å². The van der Waals surface area contributed by atoms with Gasteiger partial charge in [0.25, 0.3) is 0 Å². The summed E-state index contributed by atoms with van der Waals surface area (Å²) >= 11 is 0. The Hall–Kier alpha value is -1.30. The molecule has 0 aliphatic carbocycles. The number of likely N-dealkylation sites (tertiary alicyclic amines) is 2. The molecule has 0 bridgehead atoms. The molecule has 2 N–H and O–H groups in total. The van der Waals surface area contributed by atoms with Crippen molar-refractivity contribution in [3.8, 4) is 0 Å². The molecule has 2 amide bonds. The van der Waals surface area contributed by atoms with Crippen molar-refractivity contribution in [3.63, 3.8) is 0 Å². The van der Waals surface area contributed by atoms with E-state index in [0.29, 0.717) is 19.5 Å². The summed E-state index contributed by atoms with van der Waals surface area (Å²) < 4.78 is 0. The Morgan fingerprint density at radius 1 is 1.24 bits per heavy atom. The van der Waals surface area contributed by atoms with Gasteiger partial charge in [-0.1, -0.05) is 0 Å². The van der Waals surface area contributed by atoms with Crippen LogP contribution >= 0.6 is 0 Å². The van der Waals surface area contributed by atoms with Crippen LogP contribution in [-0.2, 0) is 4.79 Å². The highest BCUT2D eigenvalue weighted by atomic mass is 16.4. The average molecular weight is 241 g/mol. The van der Waals surface area contributed by atoms with Crippen molar-refractivity contribution in [3.05, 3.63) is 0 Å². The second kappa shape index (κ2) is 4.91. The number of hydrogen-bond acceptors (Lipinski definition) is 3. The van der Waals surface area contributed by atoms with Crippen LogP contribution in [0.1, 0.15) is 12.8 Å². The smallest absolute Gasteiger partial charge is 0.317 e. The molecule has 0 aromatic rings. The van der Waals surface area contributed by atoms with E-state index in [9.17, 15) is 9.59 Å². The zero-order valence-corrected chi connectivity index (χ0v) is 10.1. The zero-order chi connectivity index (χ0) is 12.4. The number of hydrogen-bond donors (Lipinski definition) is 2. The summed E-state index contributed by atoms with van der Waals surface area (Å²) in [4.78, 5) is 26.5. The van der Waals surface area contributed by atoms with Gasteiger partial charge in [-0.15, -0.1) is 0 Å². The molecule has 0 aromatic heterocycles. The van der Waals surface area contributed by atoms with E-state index >= 15 is 0 Å². The van der Waals surface area contributed by atoms with E-state index in [1.54, 1.807) is 4.90 Å². The van der Waals surface area contributed by atoms with Crippen LogP contribution in [0, 0.1) is 5.92 Å². The lowest BCUT2D eigenvalue weighted by molar-refractivity contribution is -0.141. The van der Waals surface area contributed by atoms with Crippen LogP contribution in [0.2, 0.25) is 0 Å². The number of likely N-dealkylation sites (N-methyl/N-ethyl adjacent to an activating group) is 1. The molecule has 6 nitrogen and oxygen atoms in total. The third-order valence-electron chi connectivity index (χ3n) is 3.54. The molecule has 0 saturated carbocycles. The van der Waals surface area contributed by atoms with Crippen LogP contribution in [0.5, 0.6) is 0 Å². The highest BCUT2D eigenvalue weighted by molar-refractivity contribution is 5.77. The summed E-state index contributed by atoms with van der Waals surface area (Å²) in [6.07, 6.45) is 1.53. The molecule has 0 aromatic carbocycles. The molecule has 6 heteroatoms. The van der Waals surface area contributed by atoms with Gasteiger partial charge in [0.2, 0.25) is 0 Å². The molecular formula is C11H19N3O3. The molecule has 2 heterocycles. The van der Waals surface area contributed by atoms with Crippen molar-refractivity contribution >= 4 is 12.0 Å². The Morgan fingerprint density at radius 3 is 2.53 bits per heavy atom. The average Bonchev–Trinajstić information content (AvgIpc) is 2.86. The number of carboxylic acid groups (broad SMARTS) is 1. The standard InChI is InChI=1S/C11H19N3O3/c1-13-4-3-9(7-13)12-11(17)14-5-2-8(6-14)10(15)16/h8-9H,2-7H2,1H3,(H,12,17)(H,15,16). The second-order valence-electron chi connectivity index (χ2n) is 4.97. The first-order valence-electron chi connectivity index (χ1n) is 6.03. The molecule has 96 valence electrons. The van der Waals surface area contributed by atoms with Gasteiger partial charge in [-0.25, -0.2) is 4.79 Å². The maximum atomic E-state index is 11.9. The number of nitrogens with zero attached hydrogens (tertiary/aromatic N) is 2. The van der Waals surface area contributed by atoms with Gasteiger partial charge in [-0.2, -0.15) is 0 Å². The van der Waals surface area contributed by atoms with Gasteiger partial charge in [-0.05, 0) is 26.4 Å². The number of rotatable bonds is 2. The molecule has 0 spiro atoms. The Bertz CT molecular complexity index is 321. The summed E-state index contributed by atoms with van der Waals surface area (Å²) in [7, 11) is 2.03. The summed E-state index contributed by atoms with van der Waals surface area (Å²) in [6.45, 7) is 2.76. The minimum absolute atomic E-state index is 0.117. The van der Waals surface area contributed by atoms with Crippen LogP contribution < -0.4 is 5.32 Å². The fraction of sp³-hybridized carbons (Fsp3) is 0.818. The number of amides is 2. The van der Waals surface area contributed by atoms with Crippen molar-refractivity contribution in [2.45, 2.75) is 18.9 Å². The summed E-state index contributed by atoms with van der Waals surface area (Å²) in [5.74, 6) is -1.20. The van der Waals surface area contributed by atoms with Gasteiger partial charge >= 0.3 is 12.0 Å². The minimum Gasteiger partial charge on any atom is -0.481 e. The molecule has 2 saturated heterocycles. The van der Waals surface area contributed by atoms with Gasteiger partial charge in [-0.3, -0.25) is 4.79 Å². The highest BCUT2D eigenvalue weighted by Gasteiger charge is 2.32. The SMILES string of the molecule is CN1CCC(NC(=O)N2CCC(C(=O)O)C2)C1. The van der Waals surface area contributed by atoms with Gasteiger partial charge in [0.1, 0.15) is 0 Å². The number of nitrogens with one attached hydrogen (secondary N) is 1. The topological polar surface area (TPSA) is 72.9 Å². The molecule has 0 radical (unpaired) electrons. The summed E-state index contributed by atoms with van der Waals surface area (Å²) in [5.41, 5.74) is 0. The maximum absolute atomic E-state index is 11.9. The van der Waals surface area contributed by atoms with Crippen LogP contribution in [0.15, 0.2) is 0 Å². The fourth-order valence-electron chi connectivity index (χ4n) is 2.47. The first-order chi connectivity index (χ1) is 8.06. The van der Waals surface area contributed by atoms with Crippen LogP contribution in [0.3, 0.4) is 0 Å². The van der Waals surface area contributed by atoms with Crippen molar-refractivity contribution in [2.24, 2.45) is 5.92 Å². The minimum atomic E-state index is -0.805. The van der Waals surface area contributed by atoms with E-state index in [4.69, 9.17) is 5.11 Å². The number of carbonyl (C=O) groups excluding carboxylic acids is 1. The molecule has 17 heavy (non-hydrogen) atoms. The molecule has 2 aliphatic heterocycles. The molecule has 2 rings (SSSR count). The molecular weight excluding hydrogens is 222 g/mol. The Morgan fingerprint density at radius 2 is 2.00 bits per heavy atom. The third kappa shape index (κ3) is 2.88.